The molecule has 2 aromatic carbocycles. The third-order valence-electron chi connectivity index (χ3n) is 5.09. The third kappa shape index (κ3) is 4.64. The molecule has 1 aliphatic rings. The number of carbonyl (C=O) groups is 2. The van der Waals surface area contributed by atoms with E-state index in [-0.39, 0.29) is 16.9 Å². The van der Waals surface area contributed by atoms with E-state index in [1.54, 1.807) is 36.4 Å². The van der Waals surface area contributed by atoms with Crippen molar-refractivity contribution >= 4 is 17.8 Å². The van der Waals surface area contributed by atoms with Gasteiger partial charge < -0.3 is 19.9 Å². The second-order valence-corrected chi connectivity index (χ2v) is 7.40. The zero-order valence-corrected chi connectivity index (χ0v) is 17.5. The van der Waals surface area contributed by atoms with Gasteiger partial charge in [-0.25, -0.2) is 14.4 Å². The molecule has 0 radical (unpaired) electrons. The molecule has 1 fully saturated rings. The highest BCUT2D eigenvalue weighted by Crippen LogP contribution is 2.44. The van der Waals surface area contributed by atoms with Crippen molar-refractivity contribution in [2.45, 2.75) is 24.4 Å². The fraction of sp³-hybridized carbons (Fsp3) is 0.217. The second-order valence-electron chi connectivity index (χ2n) is 7.40. The van der Waals surface area contributed by atoms with Gasteiger partial charge in [-0.2, -0.15) is 13.8 Å². The van der Waals surface area contributed by atoms with Crippen LogP contribution in [0.5, 0.6) is 0 Å². The molecule has 2 unspecified atom stereocenters. The van der Waals surface area contributed by atoms with Crippen molar-refractivity contribution in [2.24, 2.45) is 0 Å². The number of hydrogen-bond acceptors (Lipinski definition) is 8. The van der Waals surface area contributed by atoms with Crippen LogP contribution in [-0.2, 0) is 14.2 Å². The highest BCUT2D eigenvalue weighted by atomic mass is 19.3. The van der Waals surface area contributed by atoms with Gasteiger partial charge in [0.2, 0.25) is 6.23 Å². The molecule has 176 valence electrons. The van der Waals surface area contributed by atoms with Crippen LogP contribution in [-0.4, -0.2) is 46.2 Å². The quantitative estimate of drug-likeness (QED) is 0.544. The molecule has 9 nitrogen and oxygen atoms in total. The Kier molecular flexibility index (Phi) is 6.37. The Balaban J connectivity index is 1.61. The fourth-order valence-corrected chi connectivity index (χ4v) is 3.43. The molecule has 2 N–H and O–H groups in total. The van der Waals surface area contributed by atoms with Gasteiger partial charge in [-0.05, 0) is 30.3 Å². The van der Waals surface area contributed by atoms with Crippen LogP contribution in [0.25, 0.3) is 0 Å². The van der Waals surface area contributed by atoms with E-state index < -0.39 is 48.6 Å². The summed E-state index contributed by atoms with van der Waals surface area (Å²) in [5.74, 6) is -5.86. The van der Waals surface area contributed by atoms with Gasteiger partial charge in [0, 0.05) is 6.20 Å². The zero-order valence-electron chi connectivity index (χ0n) is 17.5. The largest absolute Gasteiger partial charge is 0.459 e. The van der Waals surface area contributed by atoms with E-state index in [1.807, 2.05) is 0 Å². The molecule has 0 aliphatic carbocycles. The first kappa shape index (κ1) is 23.1. The fourth-order valence-electron chi connectivity index (χ4n) is 3.43. The van der Waals surface area contributed by atoms with E-state index in [0.717, 1.165) is 12.3 Å². The molecule has 1 aromatic heterocycles. The maximum Gasteiger partial charge on any atom is 0.351 e. The number of carbonyl (C=O) groups excluding carboxylic acids is 2. The number of nitrogen functional groups attached to an aromatic ring is 1. The van der Waals surface area contributed by atoms with E-state index in [0.29, 0.717) is 4.57 Å². The number of aromatic nitrogens is 2. The molecule has 11 heteroatoms. The van der Waals surface area contributed by atoms with Crippen LogP contribution in [0.1, 0.15) is 26.9 Å². The van der Waals surface area contributed by atoms with Crippen LogP contribution >= 0.6 is 0 Å². The van der Waals surface area contributed by atoms with E-state index in [9.17, 15) is 14.4 Å². The second kappa shape index (κ2) is 9.40. The molecule has 34 heavy (non-hydrogen) atoms. The van der Waals surface area contributed by atoms with Crippen LogP contribution < -0.4 is 11.4 Å². The molecule has 1 aliphatic heterocycles. The van der Waals surface area contributed by atoms with Crippen molar-refractivity contribution in [2.75, 3.05) is 12.3 Å². The van der Waals surface area contributed by atoms with Gasteiger partial charge >= 0.3 is 23.6 Å². The van der Waals surface area contributed by atoms with Crippen molar-refractivity contribution in [3.63, 3.8) is 0 Å². The summed E-state index contributed by atoms with van der Waals surface area (Å²) in [4.78, 5) is 40.5. The number of alkyl halides is 2. The molecule has 3 aromatic rings. The maximum absolute atomic E-state index is 15.5. The average molecular weight is 471 g/mol. The lowest BCUT2D eigenvalue weighted by Crippen LogP contribution is -2.44. The molecule has 0 amide bonds. The lowest BCUT2D eigenvalue weighted by molar-refractivity contribution is -0.142. The van der Waals surface area contributed by atoms with Gasteiger partial charge in [0.15, 0.2) is 6.10 Å². The summed E-state index contributed by atoms with van der Waals surface area (Å²) in [7, 11) is 0. The van der Waals surface area contributed by atoms with Crippen molar-refractivity contribution in [3.05, 3.63) is 94.5 Å². The first-order chi connectivity index (χ1) is 16.3. The number of nitrogens with zero attached hydrogens (tertiary/aromatic N) is 2. The van der Waals surface area contributed by atoms with Gasteiger partial charge in [-0.1, -0.05) is 36.4 Å². The third-order valence-corrected chi connectivity index (χ3v) is 5.09. The Labute approximate surface area is 191 Å². The number of esters is 2. The molecule has 3 atom stereocenters. The predicted molar refractivity (Wildman–Crippen MR) is 114 cm³/mol. The SMILES string of the molecule is Nc1ccn(C2OC(COC(=O)c3ccccc3)[C@@H](OC(=O)c3ccccc3)C2(F)F)c(=O)n1. The standard InChI is InChI=1S/C23H19F2N3O6/c24-23(25)18(34-20(30)15-9-5-2-6-10-15)16(13-32-19(29)14-7-3-1-4-8-14)33-21(23)28-12-11-17(26)27-22(28)31/h1-12,16,18,21H,13H2,(H2,26,27,31)/t16?,18-,21?/m1/s1. The number of nitrogens with two attached hydrogens (primary N) is 1. The van der Waals surface area contributed by atoms with Gasteiger partial charge in [0.1, 0.15) is 18.5 Å². The normalized spacial score (nSPS) is 21.1. The molecule has 1 saturated heterocycles. The summed E-state index contributed by atoms with van der Waals surface area (Å²) in [6.07, 6.45) is -4.93. The van der Waals surface area contributed by atoms with E-state index >= 15 is 8.78 Å². The minimum atomic E-state index is -3.88. The van der Waals surface area contributed by atoms with Crippen LogP contribution in [0.15, 0.2) is 77.7 Å². The summed E-state index contributed by atoms with van der Waals surface area (Å²) in [5, 5.41) is 0. The zero-order chi connectivity index (χ0) is 24.3. The van der Waals surface area contributed by atoms with Crippen LogP contribution in [0.2, 0.25) is 0 Å². The topological polar surface area (TPSA) is 123 Å². The summed E-state index contributed by atoms with van der Waals surface area (Å²) in [5.41, 5.74) is 4.58. The Morgan fingerprint density at radius 3 is 2.18 bits per heavy atom. The minimum absolute atomic E-state index is 0.0353. The number of anilines is 1. The van der Waals surface area contributed by atoms with E-state index in [1.165, 1.54) is 24.3 Å². The minimum Gasteiger partial charge on any atom is -0.459 e. The Morgan fingerprint density at radius 2 is 1.59 bits per heavy atom. The molecule has 0 spiro atoms. The molecule has 2 heterocycles. The van der Waals surface area contributed by atoms with Crippen molar-refractivity contribution in [1.82, 2.24) is 9.55 Å². The lowest BCUT2D eigenvalue weighted by atomic mass is 10.1. The van der Waals surface area contributed by atoms with Crippen molar-refractivity contribution < 1.29 is 32.6 Å². The van der Waals surface area contributed by atoms with Crippen LogP contribution in [0, 0.1) is 0 Å². The van der Waals surface area contributed by atoms with Crippen molar-refractivity contribution in [3.8, 4) is 0 Å². The summed E-state index contributed by atoms with van der Waals surface area (Å²) in [6.45, 7) is -0.663. The number of benzene rings is 2. The summed E-state index contributed by atoms with van der Waals surface area (Å²) in [6, 6.07) is 16.6. The van der Waals surface area contributed by atoms with Crippen LogP contribution in [0.4, 0.5) is 14.6 Å². The van der Waals surface area contributed by atoms with E-state index in [2.05, 4.69) is 4.98 Å². The monoisotopic (exact) mass is 471 g/mol. The molecular weight excluding hydrogens is 452 g/mol. The highest BCUT2D eigenvalue weighted by molar-refractivity contribution is 5.90. The first-order valence-corrected chi connectivity index (χ1v) is 10.1. The number of hydrogen-bond donors (Lipinski definition) is 1. The average Bonchev–Trinajstić information content (AvgIpc) is 3.08. The van der Waals surface area contributed by atoms with Gasteiger partial charge in [-0.3, -0.25) is 4.57 Å². The molecule has 0 saturated carbocycles. The van der Waals surface area contributed by atoms with Crippen molar-refractivity contribution in [1.29, 1.82) is 0 Å². The number of rotatable bonds is 6. The molecule has 4 rings (SSSR count). The first-order valence-electron chi connectivity index (χ1n) is 10.1. The summed E-state index contributed by atoms with van der Waals surface area (Å²) < 4.78 is 47.1. The predicted octanol–water partition coefficient (Wildman–Crippen LogP) is 2.44. The smallest absolute Gasteiger partial charge is 0.351 e. The Bertz CT molecular complexity index is 1240. The lowest BCUT2D eigenvalue weighted by Gasteiger charge is -2.24. The Morgan fingerprint density at radius 1 is 1.00 bits per heavy atom. The van der Waals surface area contributed by atoms with Crippen LogP contribution in [0.3, 0.4) is 0 Å². The van der Waals surface area contributed by atoms with Gasteiger partial charge in [0.25, 0.3) is 0 Å². The van der Waals surface area contributed by atoms with Gasteiger partial charge in [-0.15, -0.1) is 0 Å². The highest BCUT2D eigenvalue weighted by Gasteiger charge is 2.62. The van der Waals surface area contributed by atoms with Gasteiger partial charge in [0.05, 0.1) is 11.1 Å². The Hall–Kier alpha value is -4.12. The number of halogens is 2. The maximum atomic E-state index is 15.5. The number of ether oxygens (including phenoxy) is 3. The molecular formula is C23H19F2N3O6. The summed E-state index contributed by atoms with van der Waals surface area (Å²) >= 11 is 0. The van der Waals surface area contributed by atoms with E-state index in [4.69, 9.17) is 19.9 Å². The molecule has 0 bridgehead atoms.